The van der Waals surface area contributed by atoms with Crippen LogP contribution in [0.1, 0.15) is 24.0 Å². The summed E-state index contributed by atoms with van der Waals surface area (Å²) in [5.41, 5.74) is 2.64. The Balaban J connectivity index is 2.13. The van der Waals surface area contributed by atoms with Crippen molar-refractivity contribution in [1.29, 1.82) is 0 Å². The summed E-state index contributed by atoms with van der Waals surface area (Å²) in [6.45, 7) is 3.83. The van der Waals surface area contributed by atoms with Gasteiger partial charge in [0.25, 0.3) is 0 Å². The Bertz CT molecular complexity index is 526. The minimum atomic E-state index is -0.422. The van der Waals surface area contributed by atoms with E-state index in [0.29, 0.717) is 12.8 Å². The Morgan fingerprint density at radius 2 is 2.11 bits per heavy atom. The first-order valence-corrected chi connectivity index (χ1v) is 6.26. The lowest BCUT2D eigenvalue weighted by atomic mass is 10.1. The molecule has 1 saturated heterocycles. The normalized spacial score (nSPS) is 18.1. The van der Waals surface area contributed by atoms with Crippen molar-refractivity contribution in [3.63, 3.8) is 0 Å². The topological polar surface area (TPSA) is 67.4 Å². The molecule has 1 atom stereocenters. The monoisotopic (exact) mass is 262 g/mol. The standard InChI is InChI=1S/C14H18N2O3/c1-8-7-12(19-3)9(2)6-11(8)16-14(18)10-4-5-13(17)15-10/h6-7,10H,4-5H2,1-3H3,(H,15,17)(H,16,18). The fourth-order valence-electron chi connectivity index (χ4n) is 2.17. The largest absolute Gasteiger partial charge is 0.496 e. The van der Waals surface area contributed by atoms with E-state index in [0.717, 1.165) is 22.6 Å². The van der Waals surface area contributed by atoms with E-state index in [1.54, 1.807) is 7.11 Å². The highest BCUT2D eigenvalue weighted by atomic mass is 16.5. The number of carbonyl (C=O) groups excluding carboxylic acids is 2. The molecule has 5 nitrogen and oxygen atoms in total. The molecule has 1 aromatic rings. The predicted octanol–water partition coefficient (Wildman–Crippen LogP) is 1.53. The SMILES string of the molecule is COc1cc(C)c(NC(=O)C2CCC(=O)N2)cc1C. The number of benzene rings is 1. The number of rotatable bonds is 3. The zero-order valence-corrected chi connectivity index (χ0v) is 11.4. The first kappa shape index (κ1) is 13.4. The molecule has 1 fully saturated rings. The average molecular weight is 262 g/mol. The van der Waals surface area contributed by atoms with Gasteiger partial charge in [0.2, 0.25) is 11.8 Å². The summed E-state index contributed by atoms with van der Waals surface area (Å²) in [5, 5.41) is 5.51. The van der Waals surface area contributed by atoms with E-state index in [9.17, 15) is 9.59 Å². The molecule has 1 unspecified atom stereocenters. The van der Waals surface area contributed by atoms with Gasteiger partial charge in [0, 0.05) is 12.1 Å². The number of carbonyl (C=O) groups is 2. The lowest BCUT2D eigenvalue weighted by Crippen LogP contribution is -2.37. The lowest BCUT2D eigenvalue weighted by molar-refractivity contribution is -0.122. The molecule has 1 aromatic carbocycles. The molecular formula is C14H18N2O3. The number of anilines is 1. The highest BCUT2D eigenvalue weighted by Gasteiger charge is 2.27. The van der Waals surface area contributed by atoms with Gasteiger partial charge >= 0.3 is 0 Å². The van der Waals surface area contributed by atoms with Crippen molar-refractivity contribution in [2.24, 2.45) is 0 Å². The maximum Gasteiger partial charge on any atom is 0.246 e. The zero-order chi connectivity index (χ0) is 14.0. The van der Waals surface area contributed by atoms with Crippen LogP contribution >= 0.6 is 0 Å². The Morgan fingerprint density at radius 3 is 2.68 bits per heavy atom. The fourth-order valence-corrected chi connectivity index (χ4v) is 2.17. The number of methoxy groups -OCH3 is 1. The van der Waals surface area contributed by atoms with Crippen LogP contribution in [-0.4, -0.2) is 25.0 Å². The van der Waals surface area contributed by atoms with Gasteiger partial charge in [-0.2, -0.15) is 0 Å². The van der Waals surface area contributed by atoms with Gasteiger partial charge in [0.1, 0.15) is 11.8 Å². The van der Waals surface area contributed by atoms with Crippen LogP contribution in [0.3, 0.4) is 0 Å². The van der Waals surface area contributed by atoms with E-state index in [1.807, 2.05) is 26.0 Å². The van der Waals surface area contributed by atoms with Crippen LogP contribution in [0.4, 0.5) is 5.69 Å². The smallest absolute Gasteiger partial charge is 0.246 e. The Labute approximate surface area is 112 Å². The molecule has 102 valence electrons. The van der Waals surface area contributed by atoms with Gasteiger partial charge in [0.05, 0.1) is 7.11 Å². The Kier molecular flexibility index (Phi) is 3.74. The summed E-state index contributed by atoms with van der Waals surface area (Å²) in [6.07, 6.45) is 0.970. The second-order valence-corrected chi connectivity index (χ2v) is 4.78. The molecule has 1 aliphatic heterocycles. The summed E-state index contributed by atoms with van der Waals surface area (Å²) in [4.78, 5) is 23.1. The van der Waals surface area contributed by atoms with Gasteiger partial charge in [-0.15, -0.1) is 0 Å². The van der Waals surface area contributed by atoms with Crippen LogP contribution in [0, 0.1) is 13.8 Å². The highest BCUT2D eigenvalue weighted by Crippen LogP contribution is 2.26. The molecule has 5 heteroatoms. The minimum Gasteiger partial charge on any atom is -0.496 e. The summed E-state index contributed by atoms with van der Waals surface area (Å²) in [6, 6.07) is 3.34. The van der Waals surface area contributed by atoms with Crippen molar-refractivity contribution in [2.45, 2.75) is 32.7 Å². The number of nitrogens with one attached hydrogen (secondary N) is 2. The van der Waals surface area contributed by atoms with Gasteiger partial charge in [-0.3, -0.25) is 9.59 Å². The molecular weight excluding hydrogens is 244 g/mol. The van der Waals surface area contributed by atoms with Crippen LogP contribution in [0.2, 0.25) is 0 Å². The summed E-state index contributed by atoms with van der Waals surface area (Å²) < 4.78 is 5.23. The van der Waals surface area contributed by atoms with E-state index < -0.39 is 6.04 Å². The van der Waals surface area contributed by atoms with Crippen LogP contribution in [0.5, 0.6) is 5.75 Å². The molecule has 0 aromatic heterocycles. The number of aryl methyl sites for hydroxylation is 2. The van der Waals surface area contributed by atoms with Crippen LogP contribution in [-0.2, 0) is 9.59 Å². The van der Waals surface area contributed by atoms with E-state index in [1.165, 1.54) is 0 Å². The molecule has 0 spiro atoms. The maximum absolute atomic E-state index is 12.0. The van der Waals surface area contributed by atoms with Gasteiger partial charge < -0.3 is 15.4 Å². The summed E-state index contributed by atoms with van der Waals surface area (Å²) in [7, 11) is 1.62. The molecule has 0 aliphatic carbocycles. The molecule has 0 saturated carbocycles. The number of amides is 2. The second-order valence-electron chi connectivity index (χ2n) is 4.78. The van der Waals surface area contributed by atoms with Crippen molar-refractivity contribution in [3.05, 3.63) is 23.3 Å². The van der Waals surface area contributed by atoms with Crippen molar-refractivity contribution in [1.82, 2.24) is 5.32 Å². The molecule has 2 N–H and O–H groups in total. The van der Waals surface area contributed by atoms with Crippen molar-refractivity contribution < 1.29 is 14.3 Å². The van der Waals surface area contributed by atoms with Crippen molar-refractivity contribution in [2.75, 3.05) is 12.4 Å². The van der Waals surface area contributed by atoms with E-state index in [4.69, 9.17) is 4.74 Å². The number of hydrogen-bond acceptors (Lipinski definition) is 3. The van der Waals surface area contributed by atoms with Gasteiger partial charge in [-0.05, 0) is 43.5 Å². The molecule has 1 aliphatic rings. The third-order valence-electron chi connectivity index (χ3n) is 3.31. The third kappa shape index (κ3) is 2.86. The number of hydrogen-bond donors (Lipinski definition) is 2. The first-order chi connectivity index (χ1) is 9.01. The summed E-state index contributed by atoms with van der Waals surface area (Å²) in [5.74, 6) is 0.561. The van der Waals surface area contributed by atoms with Crippen LogP contribution < -0.4 is 15.4 Å². The number of ether oxygens (including phenoxy) is 1. The van der Waals surface area contributed by atoms with Crippen molar-refractivity contribution >= 4 is 17.5 Å². The van der Waals surface area contributed by atoms with E-state index in [-0.39, 0.29) is 11.8 Å². The molecule has 0 radical (unpaired) electrons. The van der Waals surface area contributed by atoms with E-state index in [2.05, 4.69) is 10.6 Å². The first-order valence-electron chi connectivity index (χ1n) is 6.26. The molecule has 0 bridgehead atoms. The predicted molar refractivity (Wildman–Crippen MR) is 72.3 cm³/mol. The average Bonchev–Trinajstić information content (AvgIpc) is 2.80. The third-order valence-corrected chi connectivity index (χ3v) is 3.31. The second kappa shape index (κ2) is 5.30. The molecule has 19 heavy (non-hydrogen) atoms. The van der Waals surface area contributed by atoms with Crippen LogP contribution in [0.15, 0.2) is 12.1 Å². The summed E-state index contributed by atoms with van der Waals surface area (Å²) >= 11 is 0. The maximum atomic E-state index is 12.0. The molecule has 1 heterocycles. The fraction of sp³-hybridized carbons (Fsp3) is 0.429. The lowest BCUT2D eigenvalue weighted by Gasteiger charge is -2.15. The van der Waals surface area contributed by atoms with Crippen LogP contribution in [0.25, 0.3) is 0 Å². The van der Waals surface area contributed by atoms with Crippen molar-refractivity contribution in [3.8, 4) is 5.75 Å². The van der Waals surface area contributed by atoms with E-state index >= 15 is 0 Å². The molecule has 2 rings (SSSR count). The highest BCUT2D eigenvalue weighted by molar-refractivity contribution is 5.99. The quantitative estimate of drug-likeness (QED) is 0.868. The van der Waals surface area contributed by atoms with Gasteiger partial charge in [0.15, 0.2) is 0 Å². The Hall–Kier alpha value is -2.04. The minimum absolute atomic E-state index is 0.0669. The zero-order valence-electron chi connectivity index (χ0n) is 11.4. The Morgan fingerprint density at radius 1 is 1.37 bits per heavy atom. The molecule has 2 amide bonds. The van der Waals surface area contributed by atoms with Gasteiger partial charge in [-0.25, -0.2) is 0 Å². The van der Waals surface area contributed by atoms with Gasteiger partial charge in [-0.1, -0.05) is 0 Å².